The molecule has 0 fully saturated rings. The van der Waals surface area contributed by atoms with Crippen LogP contribution < -0.4 is 5.32 Å². The predicted octanol–water partition coefficient (Wildman–Crippen LogP) is 1.73. The number of hydrogen-bond acceptors (Lipinski definition) is 6. The van der Waals surface area contributed by atoms with Crippen LogP contribution in [0.5, 0.6) is 0 Å². The van der Waals surface area contributed by atoms with Crippen molar-refractivity contribution in [3.05, 3.63) is 48.3 Å². The fraction of sp³-hybridized carbons (Fsp3) is 0.368. The second-order valence-electron chi connectivity index (χ2n) is 6.03. The van der Waals surface area contributed by atoms with Gasteiger partial charge in [-0.3, -0.25) is 4.79 Å². The smallest absolute Gasteiger partial charge is 0.338 e. The molecule has 0 bridgehead atoms. The minimum Gasteiger partial charge on any atom is -0.467 e. The van der Waals surface area contributed by atoms with Crippen LogP contribution in [0.15, 0.2) is 42.7 Å². The summed E-state index contributed by atoms with van der Waals surface area (Å²) in [5, 5.41) is 6.65. The van der Waals surface area contributed by atoms with Crippen molar-refractivity contribution in [2.24, 2.45) is 5.92 Å². The highest BCUT2D eigenvalue weighted by atomic mass is 16.5. The molecule has 0 saturated carbocycles. The highest BCUT2D eigenvalue weighted by Gasteiger charge is 2.27. The number of aromatic nitrogens is 2. The first-order valence-corrected chi connectivity index (χ1v) is 8.60. The van der Waals surface area contributed by atoms with Crippen molar-refractivity contribution in [3.63, 3.8) is 0 Å². The summed E-state index contributed by atoms with van der Waals surface area (Å²) in [6, 6.07) is 7.64. The fourth-order valence-electron chi connectivity index (χ4n) is 2.40. The van der Waals surface area contributed by atoms with Gasteiger partial charge < -0.3 is 14.8 Å². The summed E-state index contributed by atoms with van der Waals surface area (Å²) in [7, 11) is 1.26. The summed E-state index contributed by atoms with van der Waals surface area (Å²) < 4.78 is 11.4. The van der Waals surface area contributed by atoms with Crippen LogP contribution in [-0.2, 0) is 19.1 Å². The Morgan fingerprint density at radius 1 is 1.22 bits per heavy atom. The van der Waals surface area contributed by atoms with Crippen LogP contribution in [0.3, 0.4) is 0 Å². The van der Waals surface area contributed by atoms with E-state index in [1.54, 1.807) is 47.4 Å². The molecule has 144 valence electrons. The number of amides is 1. The second kappa shape index (κ2) is 9.51. The van der Waals surface area contributed by atoms with Crippen LogP contribution in [0.25, 0.3) is 5.69 Å². The lowest BCUT2D eigenvalue weighted by Crippen LogP contribution is -2.47. The number of benzene rings is 1. The molecule has 2 rings (SSSR count). The van der Waals surface area contributed by atoms with Crippen LogP contribution in [-0.4, -0.2) is 47.4 Å². The van der Waals surface area contributed by atoms with Crippen molar-refractivity contribution >= 4 is 17.8 Å². The number of methoxy groups -OCH3 is 1. The van der Waals surface area contributed by atoms with Crippen LogP contribution in [0, 0.1) is 5.92 Å². The van der Waals surface area contributed by atoms with Crippen molar-refractivity contribution in [2.75, 3.05) is 13.7 Å². The number of hydrogen-bond donors (Lipinski definition) is 1. The summed E-state index contributed by atoms with van der Waals surface area (Å²) in [6.07, 6.45) is 4.12. The van der Waals surface area contributed by atoms with Gasteiger partial charge in [-0.1, -0.05) is 20.3 Å². The number of carbonyl (C=O) groups excluding carboxylic acids is 3. The molecule has 8 heteroatoms. The summed E-state index contributed by atoms with van der Waals surface area (Å²) >= 11 is 0. The average molecular weight is 373 g/mol. The molecule has 27 heavy (non-hydrogen) atoms. The summed E-state index contributed by atoms with van der Waals surface area (Å²) in [5.41, 5.74) is 1.11. The molecule has 0 unspecified atom stereocenters. The average Bonchev–Trinajstić information content (AvgIpc) is 3.24. The first-order chi connectivity index (χ1) is 13.0. The number of rotatable bonds is 8. The van der Waals surface area contributed by atoms with Gasteiger partial charge >= 0.3 is 11.9 Å². The molecule has 0 aliphatic heterocycles. The largest absolute Gasteiger partial charge is 0.467 e. The number of carbonyl (C=O) groups is 3. The lowest BCUT2D eigenvalue weighted by Gasteiger charge is -2.21. The number of nitrogens with one attached hydrogen (secondary N) is 1. The first kappa shape index (κ1) is 20.2. The van der Waals surface area contributed by atoms with Gasteiger partial charge in [-0.15, -0.1) is 0 Å². The topological polar surface area (TPSA) is 99.5 Å². The van der Waals surface area contributed by atoms with E-state index in [0.717, 1.165) is 5.69 Å². The zero-order valence-corrected chi connectivity index (χ0v) is 15.5. The lowest BCUT2D eigenvalue weighted by molar-refractivity contribution is -0.147. The zero-order chi connectivity index (χ0) is 19.8. The van der Waals surface area contributed by atoms with E-state index in [2.05, 4.69) is 10.4 Å². The van der Waals surface area contributed by atoms with Crippen LogP contribution in [0.4, 0.5) is 0 Å². The Balaban J connectivity index is 1.90. The van der Waals surface area contributed by atoms with E-state index >= 15 is 0 Å². The van der Waals surface area contributed by atoms with Gasteiger partial charge in [0, 0.05) is 12.4 Å². The third-order valence-corrected chi connectivity index (χ3v) is 4.19. The molecule has 0 spiro atoms. The number of ether oxygens (including phenoxy) is 2. The predicted molar refractivity (Wildman–Crippen MR) is 97.2 cm³/mol. The van der Waals surface area contributed by atoms with E-state index in [4.69, 9.17) is 9.47 Å². The first-order valence-electron chi connectivity index (χ1n) is 8.60. The minimum absolute atomic E-state index is 0.105. The number of nitrogens with zero attached hydrogens (tertiary/aromatic N) is 2. The zero-order valence-electron chi connectivity index (χ0n) is 15.5. The van der Waals surface area contributed by atoms with Gasteiger partial charge in [0.15, 0.2) is 6.61 Å². The van der Waals surface area contributed by atoms with Crippen molar-refractivity contribution in [1.29, 1.82) is 0 Å². The molecule has 1 N–H and O–H groups in total. The molecular weight excluding hydrogens is 350 g/mol. The molecule has 0 saturated heterocycles. The molecule has 1 heterocycles. The van der Waals surface area contributed by atoms with E-state index in [9.17, 15) is 14.4 Å². The standard InChI is InChI=1S/C19H23N3O5/c1-4-13(2)17(19(25)26-3)21-16(23)12-27-18(24)14-6-8-15(9-7-14)22-11-5-10-20-22/h5-11,13,17H,4,12H2,1-3H3,(H,21,23)/t13-,17+/m0/s1. The lowest BCUT2D eigenvalue weighted by atomic mass is 9.99. The van der Waals surface area contributed by atoms with Crippen molar-refractivity contribution in [1.82, 2.24) is 15.1 Å². The molecule has 0 radical (unpaired) electrons. The maximum atomic E-state index is 12.1. The summed E-state index contributed by atoms with van der Waals surface area (Å²) in [6.45, 7) is 3.25. The van der Waals surface area contributed by atoms with Crippen molar-refractivity contribution in [3.8, 4) is 5.69 Å². The quantitative estimate of drug-likeness (QED) is 0.708. The van der Waals surface area contributed by atoms with E-state index < -0.39 is 30.5 Å². The van der Waals surface area contributed by atoms with Gasteiger partial charge in [-0.2, -0.15) is 5.10 Å². The third kappa shape index (κ3) is 5.40. The van der Waals surface area contributed by atoms with Gasteiger partial charge in [0.25, 0.3) is 5.91 Å². The Bertz CT molecular complexity index is 771. The van der Waals surface area contributed by atoms with E-state index in [1.807, 2.05) is 13.8 Å². The Hall–Kier alpha value is -3.16. The van der Waals surface area contributed by atoms with E-state index in [-0.39, 0.29) is 5.92 Å². The monoisotopic (exact) mass is 373 g/mol. The van der Waals surface area contributed by atoms with Crippen molar-refractivity contribution < 1.29 is 23.9 Å². The summed E-state index contributed by atoms with van der Waals surface area (Å²) in [4.78, 5) is 35.9. The van der Waals surface area contributed by atoms with Gasteiger partial charge in [-0.25, -0.2) is 14.3 Å². The highest BCUT2D eigenvalue weighted by molar-refractivity contribution is 5.92. The number of esters is 2. The molecule has 0 aliphatic rings. The normalized spacial score (nSPS) is 12.7. The second-order valence-corrected chi connectivity index (χ2v) is 6.03. The molecule has 2 aromatic rings. The SMILES string of the molecule is CC[C@H](C)[C@@H](NC(=O)COC(=O)c1ccc(-n2cccn2)cc1)C(=O)OC. The van der Waals surface area contributed by atoms with Gasteiger partial charge in [0.05, 0.1) is 18.4 Å². The van der Waals surface area contributed by atoms with E-state index in [0.29, 0.717) is 12.0 Å². The van der Waals surface area contributed by atoms with Gasteiger partial charge in [0.1, 0.15) is 6.04 Å². The Morgan fingerprint density at radius 2 is 1.93 bits per heavy atom. The van der Waals surface area contributed by atoms with Gasteiger partial charge in [-0.05, 0) is 36.2 Å². The maximum Gasteiger partial charge on any atom is 0.338 e. The molecule has 1 aromatic carbocycles. The Labute approximate surface area is 157 Å². The fourth-order valence-corrected chi connectivity index (χ4v) is 2.40. The van der Waals surface area contributed by atoms with E-state index in [1.165, 1.54) is 7.11 Å². The Kier molecular flexibility index (Phi) is 7.10. The molecule has 1 amide bonds. The Morgan fingerprint density at radius 3 is 2.48 bits per heavy atom. The molecule has 1 aromatic heterocycles. The molecular formula is C19H23N3O5. The van der Waals surface area contributed by atoms with Gasteiger partial charge in [0.2, 0.25) is 0 Å². The highest BCUT2D eigenvalue weighted by Crippen LogP contribution is 2.11. The van der Waals surface area contributed by atoms with Crippen LogP contribution in [0.2, 0.25) is 0 Å². The molecule has 0 aliphatic carbocycles. The maximum absolute atomic E-state index is 12.1. The third-order valence-electron chi connectivity index (χ3n) is 4.19. The molecule has 2 atom stereocenters. The summed E-state index contributed by atoms with van der Waals surface area (Å²) in [5.74, 6) is -1.83. The van der Waals surface area contributed by atoms with Crippen molar-refractivity contribution in [2.45, 2.75) is 26.3 Å². The van der Waals surface area contributed by atoms with Crippen LogP contribution in [0.1, 0.15) is 30.6 Å². The van der Waals surface area contributed by atoms with Crippen LogP contribution >= 0.6 is 0 Å². The molecule has 8 nitrogen and oxygen atoms in total. The minimum atomic E-state index is -0.778.